The molecule has 132 valence electrons. The number of nitrogens with two attached hydrogens (primary N) is 1. The Morgan fingerprint density at radius 3 is 2.65 bits per heavy atom. The van der Waals surface area contributed by atoms with Crippen molar-refractivity contribution in [2.45, 2.75) is 66.0 Å². The number of aromatic nitrogens is 2. The smallest absolute Gasteiger partial charge is 0.227 e. The molecule has 1 aromatic rings. The molecule has 0 aromatic carbocycles. The predicted octanol–water partition coefficient (Wildman–Crippen LogP) is 2.46. The summed E-state index contributed by atoms with van der Waals surface area (Å²) in [5.41, 5.74) is 9.03. The minimum Gasteiger partial charge on any atom is -0.338 e. The molecule has 0 spiro atoms. The van der Waals surface area contributed by atoms with Gasteiger partial charge in [-0.05, 0) is 39.0 Å². The highest BCUT2D eigenvalue weighted by molar-refractivity contribution is 5.85. The van der Waals surface area contributed by atoms with E-state index in [-0.39, 0.29) is 24.4 Å². The lowest BCUT2D eigenvalue weighted by Crippen LogP contribution is -2.48. The molecule has 1 aliphatic rings. The van der Waals surface area contributed by atoms with Crippen molar-refractivity contribution in [3.8, 4) is 0 Å². The maximum atomic E-state index is 12.7. The number of aryl methyl sites for hydroxylation is 1. The molecule has 1 amide bonds. The van der Waals surface area contributed by atoms with Crippen LogP contribution in [0.25, 0.3) is 0 Å². The van der Waals surface area contributed by atoms with Gasteiger partial charge in [0, 0.05) is 36.9 Å². The van der Waals surface area contributed by atoms with E-state index in [1.54, 1.807) is 0 Å². The van der Waals surface area contributed by atoms with Crippen LogP contribution in [-0.4, -0.2) is 39.7 Å². The summed E-state index contributed by atoms with van der Waals surface area (Å²) in [6, 6.07) is 0.215. The summed E-state index contributed by atoms with van der Waals surface area (Å²) >= 11 is 0. The highest BCUT2D eigenvalue weighted by atomic mass is 35.5. The molecule has 0 radical (unpaired) electrons. The van der Waals surface area contributed by atoms with Gasteiger partial charge in [-0.1, -0.05) is 13.8 Å². The van der Waals surface area contributed by atoms with Gasteiger partial charge < -0.3 is 10.6 Å². The first-order valence-electron chi connectivity index (χ1n) is 8.46. The third-order valence-electron chi connectivity index (χ3n) is 4.62. The molecule has 5 nitrogen and oxygen atoms in total. The van der Waals surface area contributed by atoms with Gasteiger partial charge in [-0.25, -0.2) is 0 Å². The Kier molecular flexibility index (Phi) is 7.55. The molecule has 2 N–H and O–H groups in total. The van der Waals surface area contributed by atoms with Crippen LogP contribution in [0.4, 0.5) is 0 Å². The van der Waals surface area contributed by atoms with Gasteiger partial charge in [-0.3, -0.25) is 9.48 Å². The zero-order valence-corrected chi connectivity index (χ0v) is 15.7. The fourth-order valence-corrected chi connectivity index (χ4v) is 3.34. The number of carbonyl (C=O) groups excluding carboxylic acids is 1. The fraction of sp³-hybridized carbons (Fsp3) is 0.765. The number of piperidine rings is 1. The number of hydrogen-bond donors (Lipinski definition) is 1. The van der Waals surface area contributed by atoms with Crippen molar-refractivity contribution in [1.29, 1.82) is 0 Å². The van der Waals surface area contributed by atoms with Crippen LogP contribution in [-0.2, 0) is 17.8 Å². The molecule has 1 aromatic heterocycles. The first kappa shape index (κ1) is 20.0. The largest absolute Gasteiger partial charge is 0.338 e. The molecule has 1 fully saturated rings. The maximum absolute atomic E-state index is 12.7. The molecular weight excluding hydrogens is 312 g/mol. The van der Waals surface area contributed by atoms with Gasteiger partial charge >= 0.3 is 0 Å². The van der Waals surface area contributed by atoms with Crippen LogP contribution in [0.5, 0.6) is 0 Å². The first-order chi connectivity index (χ1) is 10.4. The van der Waals surface area contributed by atoms with E-state index in [0.29, 0.717) is 18.9 Å². The standard InChI is InChI=1S/C17H30N4O.ClH/c1-12(2)11-21-14(4)16(13(3)19-21)9-17(22)20-8-6-5-7-15(20)10-18;/h12,15H,5-11,18H2,1-4H3;1H. The Labute approximate surface area is 146 Å². The van der Waals surface area contributed by atoms with Gasteiger partial charge in [0.1, 0.15) is 0 Å². The summed E-state index contributed by atoms with van der Waals surface area (Å²) in [5.74, 6) is 0.746. The van der Waals surface area contributed by atoms with Gasteiger partial charge in [-0.15, -0.1) is 12.4 Å². The molecule has 2 rings (SSSR count). The Hall–Kier alpha value is -1.07. The van der Waals surface area contributed by atoms with Crippen molar-refractivity contribution < 1.29 is 4.79 Å². The lowest BCUT2D eigenvalue weighted by Gasteiger charge is -2.35. The number of hydrogen-bond acceptors (Lipinski definition) is 3. The number of rotatable bonds is 5. The highest BCUT2D eigenvalue weighted by Gasteiger charge is 2.27. The summed E-state index contributed by atoms with van der Waals surface area (Å²) in [7, 11) is 0. The summed E-state index contributed by atoms with van der Waals surface area (Å²) in [5, 5.41) is 4.61. The van der Waals surface area contributed by atoms with Crippen LogP contribution in [0.15, 0.2) is 0 Å². The Morgan fingerprint density at radius 2 is 2.04 bits per heavy atom. The SMILES string of the molecule is Cc1nn(CC(C)C)c(C)c1CC(=O)N1CCCCC1CN.Cl. The highest BCUT2D eigenvalue weighted by Crippen LogP contribution is 2.20. The molecule has 2 heterocycles. The molecule has 1 aliphatic heterocycles. The quantitative estimate of drug-likeness (QED) is 0.894. The molecule has 1 unspecified atom stereocenters. The van der Waals surface area contributed by atoms with Gasteiger partial charge in [0.25, 0.3) is 0 Å². The summed E-state index contributed by atoms with van der Waals surface area (Å²) in [4.78, 5) is 14.7. The maximum Gasteiger partial charge on any atom is 0.227 e. The minimum absolute atomic E-state index is 0. The molecule has 0 bridgehead atoms. The van der Waals surface area contributed by atoms with Crippen molar-refractivity contribution in [2.75, 3.05) is 13.1 Å². The fourth-order valence-electron chi connectivity index (χ4n) is 3.34. The monoisotopic (exact) mass is 342 g/mol. The van der Waals surface area contributed by atoms with E-state index in [1.807, 2.05) is 16.5 Å². The van der Waals surface area contributed by atoms with Crippen LogP contribution in [0.1, 0.15) is 50.1 Å². The molecule has 1 saturated heterocycles. The van der Waals surface area contributed by atoms with Gasteiger partial charge in [0.15, 0.2) is 0 Å². The average Bonchev–Trinajstić information content (AvgIpc) is 2.74. The van der Waals surface area contributed by atoms with Gasteiger partial charge in [-0.2, -0.15) is 5.10 Å². The second-order valence-electron chi connectivity index (χ2n) is 6.87. The Morgan fingerprint density at radius 1 is 1.35 bits per heavy atom. The predicted molar refractivity (Wildman–Crippen MR) is 95.9 cm³/mol. The molecule has 0 aliphatic carbocycles. The zero-order chi connectivity index (χ0) is 16.3. The molecular formula is C17H31ClN4O. The number of likely N-dealkylation sites (tertiary alicyclic amines) is 1. The van der Waals surface area contributed by atoms with E-state index in [0.717, 1.165) is 42.9 Å². The Bertz CT molecular complexity index is 527. The topological polar surface area (TPSA) is 64.2 Å². The van der Waals surface area contributed by atoms with E-state index in [2.05, 4.69) is 25.9 Å². The minimum atomic E-state index is 0. The summed E-state index contributed by atoms with van der Waals surface area (Å²) in [6.07, 6.45) is 3.75. The van der Waals surface area contributed by atoms with Gasteiger partial charge in [0.05, 0.1) is 12.1 Å². The first-order valence-corrected chi connectivity index (χ1v) is 8.46. The lowest BCUT2D eigenvalue weighted by atomic mass is 10.0. The normalized spacial score (nSPS) is 18.2. The number of carbonyl (C=O) groups is 1. The van der Waals surface area contributed by atoms with Crippen molar-refractivity contribution in [1.82, 2.24) is 14.7 Å². The lowest BCUT2D eigenvalue weighted by molar-refractivity contribution is -0.133. The van der Waals surface area contributed by atoms with E-state index >= 15 is 0 Å². The van der Waals surface area contributed by atoms with E-state index in [4.69, 9.17) is 5.73 Å². The van der Waals surface area contributed by atoms with Crippen LogP contribution < -0.4 is 5.73 Å². The number of nitrogens with zero attached hydrogens (tertiary/aromatic N) is 3. The molecule has 6 heteroatoms. The van der Waals surface area contributed by atoms with Crippen molar-refractivity contribution in [2.24, 2.45) is 11.7 Å². The molecule has 23 heavy (non-hydrogen) atoms. The Balaban J connectivity index is 0.00000264. The second-order valence-corrected chi connectivity index (χ2v) is 6.87. The van der Waals surface area contributed by atoms with E-state index < -0.39 is 0 Å². The average molecular weight is 343 g/mol. The van der Waals surface area contributed by atoms with E-state index in [1.165, 1.54) is 6.42 Å². The van der Waals surface area contributed by atoms with Crippen LogP contribution in [0.3, 0.4) is 0 Å². The van der Waals surface area contributed by atoms with E-state index in [9.17, 15) is 4.79 Å². The summed E-state index contributed by atoms with van der Waals surface area (Å²) in [6.45, 7) is 10.7. The number of halogens is 1. The third-order valence-corrected chi connectivity index (χ3v) is 4.62. The van der Waals surface area contributed by atoms with Crippen LogP contribution in [0, 0.1) is 19.8 Å². The number of amides is 1. The van der Waals surface area contributed by atoms with Crippen molar-refractivity contribution >= 4 is 18.3 Å². The van der Waals surface area contributed by atoms with Crippen LogP contribution >= 0.6 is 12.4 Å². The molecule has 0 saturated carbocycles. The van der Waals surface area contributed by atoms with Gasteiger partial charge in [0.2, 0.25) is 5.91 Å². The molecule has 1 atom stereocenters. The van der Waals surface area contributed by atoms with Crippen molar-refractivity contribution in [3.05, 3.63) is 17.0 Å². The summed E-state index contributed by atoms with van der Waals surface area (Å²) < 4.78 is 2.04. The zero-order valence-electron chi connectivity index (χ0n) is 14.8. The van der Waals surface area contributed by atoms with Crippen LogP contribution in [0.2, 0.25) is 0 Å². The van der Waals surface area contributed by atoms with Crippen molar-refractivity contribution in [3.63, 3.8) is 0 Å². The second kappa shape index (κ2) is 8.69. The third kappa shape index (κ3) is 4.70.